The summed E-state index contributed by atoms with van der Waals surface area (Å²) < 4.78 is 43.0. The fourth-order valence-electron chi connectivity index (χ4n) is 5.64. The monoisotopic (exact) mass is 820 g/mol. The van der Waals surface area contributed by atoms with E-state index in [0.29, 0.717) is 48.4 Å². The Kier molecular flexibility index (Phi) is 14.8. The van der Waals surface area contributed by atoms with Crippen molar-refractivity contribution in [3.05, 3.63) is 82.0 Å². The van der Waals surface area contributed by atoms with Gasteiger partial charge in [0.25, 0.3) is 5.91 Å². The van der Waals surface area contributed by atoms with Gasteiger partial charge in [-0.2, -0.15) is 4.72 Å². The number of rotatable bonds is 18. The molecule has 1 atom stereocenters. The number of sulfonamides is 1. The van der Waals surface area contributed by atoms with E-state index in [1.807, 2.05) is 35.0 Å². The maximum atomic E-state index is 13.5. The number of esters is 1. The maximum absolute atomic E-state index is 13.5. The first-order chi connectivity index (χ1) is 24.0. The predicted molar refractivity (Wildman–Crippen MR) is 199 cm³/mol. The van der Waals surface area contributed by atoms with Crippen LogP contribution in [-0.4, -0.2) is 77.1 Å². The van der Waals surface area contributed by atoms with Gasteiger partial charge in [-0.15, -0.1) is 0 Å². The fraction of sp³-hybridized carbons (Fsp3) is 0.429. The summed E-state index contributed by atoms with van der Waals surface area (Å²) in [5.41, 5.74) is 4.47. The van der Waals surface area contributed by atoms with E-state index in [1.54, 1.807) is 38.1 Å². The molecule has 1 unspecified atom stereocenters. The highest BCUT2D eigenvalue weighted by atomic mass is 127. The average Bonchev–Trinajstić information content (AvgIpc) is 3.10. The smallest absolute Gasteiger partial charge is 0.325 e. The van der Waals surface area contributed by atoms with E-state index in [0.717, 1.165) is 56.4 Å². The van der Waals surface area contributed by atoms with E-state index >= 15 is 0 Å². The molecule has 0 saturated carbocycles. The lowest BCUT2D eigenvalue weighted by atomic mass is 10.0. The van der Waals surface area contributed by atoms with E-state index in [-0.39, 0.29) is 24.0 Å². The number of fused-ring (bicyclic) bond motifs is 1. The Labute approximate surface area is 307 Å². The molecule has 2 amide bonds. The predicted octanol–water partition coefficient (Wildman–Crippen LogP) is 3.31. The highest BCUT2D eigenvalue weighted by molar-refractivity contribution is 14.1. The SMILES string of the molecule is COC(=O)C(CNC(=O)c1ccc(CCc2ccc3c(n2)NCCC3)cc1)NS(=O)(=O)c1c(C)cc(OCCCC(=O)NCCNI)cc1C. The lowest BCUT2D eigenvalue weighted by Gasteiger charge is -2.20. The number of nitrogens with zero attached hydrogens (tertiary/aromatic N) is 1. The molecular formula is C35H45IN6O7S. The average molecular weight is 821 g/mol. The molecule has 13 nitrogen and oxygen atoms in total. The van der Waals surface area contributed by atoms with Crippen LogP contribution in [0.25, 0.3) is 0 Å². The number of hydrogen-bond donors (Lipinski definition) is 5. The summed E-state index contributed by atoms with van der Waals surface area (Å²) in [4.78, 5) is 42.2. The topological polar surface area (TPSA) is 177 Å². The number of anilines is 1. The zero-order chi connectivity index (χ0) is 36.1. The molecule has 0 radical (unpaired) electrons. The number of aryl methyl sites for hydroxylation is 5. The third-order valence-electron chi connectivity index (χ3n) is 8.15. The number of carbonyl (C=O) groups excluding carboxylic acids is 3. The summed E-state index contributed by atoms with van der Waals surface area (Å²) in [6.45, 7) is 5.35. The van der Waals surface area contributed by atoms with Gasteiger partial charge in [0.1, 0.15) is 17.6 Å². The Hall–Kier alpha value is -3.80. The van der Waals surface area contributed by atoms with Crippen molar-refractivity contribution in [3.63, 3.8) is 0 Å². The van der Waals surface area contributed by atoms with E-state index in [4.69, 9.17) is 14.5 Å². The normalized spacial score (nSPS) is 13.0. The van der Waals surface area contributed by atoms with Crippen LogP contribution in [0, 0.1) is 13.8 Å². The number of pyridine rings is 1. The number of nitrogens with one attached hydrogen (secondary N) is 5. The Bertz CT molecular complexity index is 1730. The number of halogens is 1. The van der Waals surface area contributed by atoms with E-state index in [1.165, 1.54) is 5.56 Å². The largest absolute Gasteiger partial charge is 0.494 e. The summed E-state index contributed by atoms with van der Waals surface area (Å²) in [5.74, 6) is 0.0463. The fourth-order valence-corrected chi connectivity index (χ4v) is 7.55. The Morgan fingerprint density at radius 3 is 2.44 bits per heavy atom. The Balaban J connectivity index is 1.31. The van der Waals surface area contributed by atoms with Gasteiger partial charge in [-0.05, 0) is 98.5 Å². The van der Waals surface area contributed by atoms with Gasteiger partial charge in [0, 0.05) is 66.7 Å². The Morgan fingerprint density at radius 1 is 1.00 bits per heavy atom. The van der Waals surface area contributed by atoms with Gasteiger partial charge in [0.2, 0.25) is 15.9 Å². The van der Waals surface area contributed by atoms with E-state index in [2.05, 4.69) is 36.3 Å². The molecule has 1 aliphatic heterocycles. The number of amides is 2. The van der Waals surface area contributed by atoms with E-state index in [9.17, 15) is 22.8 Å². The molecule has 15 heteroatoms. The third-order valence-corrected chi connectivity index (χ3v) is 10.5. The van der Waals surface area contributed by atoms with Crippen LogP contribution in [0.2, 0.25) is 0 Å². The van der Waals surface area contributed by atoms with Crippen molar-refractivity contribution >= 4 is 56.5 Å². The molecule has 0 spiro atoms. The number of ether oxygens (including phenoxy) is 2. The first kappa shape index (κ1) is 39.0. The molecule has 4 rings (SSSR count). The van der Waals surface area contributed by atoms with Crippen LogP contribution >= 0.6 is 22.9 Å². The van der Waals surface area contributed by atoms with Gasteiger partial charge < -0.3 is 25.4 Å². The van der Waals surface area contributed by atoms with Crippen molar-refractivity contribution in [2.24, 2.45) is 0 Å². The van der Waals surface area contributed by atoms with Crippen LogP contribution in [0.4, 0.5) is 5.82 Å². The molecule has 0 fully saturated rings. The summed E-state index contributed by atoms with van der Waals surface area (Å²) in [7, 11) is -3.07. The number of carbonyl (C=O) groups is 3. The summed E-state index contributed by atoms with van der Waals surface area (Å²) >= 11 is 2.01. The van der Waals surface area contributed by atoms with Gasteiger partial charge in [0.05, 0.1) is 18.6 Å². The lowest BCUT2D eigenvalue weighted by Crippen LogP contribution is -2.49. The minimum atomic E-state index is -4.22. The van der Waals surface area contributed by atoms with Crippen LogP contribution in [0.1, 0.15) is 57.6 Å². The number of benzene rings is 2. The number of methoxy groups -OCH3 is 1. The minimum absolute atomic E-state index is 0.00855. The van der Waals surface area contributed by atoms with Crippen LogP contribution in [0.15, 0.2) is 53.4 Å². The first-order valence-corrected chi connectivity index (χ1v) is 19.1. The van der Waals surface area contributed by atoms with Crippen molar-refractivity contribution in [2.75, 3.05) is 45.2 Å². The molecule has 1 aromatic heterocycles. The molecule has 50 heavy (non-hydrogen) atoms. The second-order valence-corrected chi connectivity index (χ2v) is 14.4. The number of aromatic nitrogens is 1. The summed E-state index contributed by atoms with van der Waals surface area (Å²) in [5, 5.41) is 8.80. The highest BCUT2D eigenvalue weighted by Gasteiger charge is 2.29. The highest BCUT2D eigenvalue weighted by Crippen LogP contribution is 2.26. The molecule has 270 valence electrons. The Morgan fingerprint density at radius 2 is 1.74 bits per heavy atom. The molecule has 3 aromatic rings. The third kappa shape index (κ3) is 11.4. The van der Waals surface area contributed by atoms with Crippen LogP contribution in [0.5, 0.6) is 5.75 Å². The standard InChI is InChI=1S/C35H45IN6O7S/c1-23-20-29(49-19-5-7-31(43)37-17-18-40-36)21-24(2)32(23)50(46,47)42-30(35(45)48-3)22-39-34(44)27-11-8-25(9-12-27)10-14-28-15-13-26-6-4-16-38-33(26)41-28/h8-9,11-13,15,20-21,30,40,42H,4-7,10,14,16-19,22H2,1-3H3,(H,37,43)(H,38,41)(H,39,44). The summed E-state index contributed by atoms with van der Waals surface area (Å²) in [6, 6.07) is 13.1. The van der Waals surface area contributed by atoms with Crippen molar-refractivity contribution in [1.82, 2.24) is 23.9 Å². The summed E-state index contributed by atoms with van der Waals surface area (Å²) in [6.07, 6.45) is 4.46. The molecular weight excluding hydrogens is 775 g/mol. The van der Waals surface area contributed by atoms with Gasteiger partial charge in [-0.25, -0.2) is 13.4 Å². The van der Waals surface area contributed by atoms with Crippen molar-refractivity contribution < 1.29 is 32.3 Å². The first-order valence-electron chi connectivity index (χ1n) is 16.5. The van der Waals surface area contributed by atoms with Gasteiger partial charge in [0.15, 0.2) is 0 Å². The van der Waals surface area contributed by atoms with Gasteiger partial charge in [-0.1, -0.05) is 18.2 Å². The quantitative estimate of drug-likeness (QED) is 0.0554. The van der Waals surface area contributed by atoms with Crippen molar-refractivity contribution in [1.29, 1.82) is 0 Å². The zero-order valence-electron chi connectivity index (χ0n) is 28.6. The molecule has 0 aliphatic carbocycles. The van der Waals surface area contributed by atoms with Crippen molar-refractivity contribution in [3.8, 4) is 5.75 Å². The molecule has 2 aromatic carbocycles. The van der Waals surface area contributed by atoms with E-state index < -0.39 is 27.9 Å². The van der Waals surface area contributed by atoms with Gasteiger partial charge in [-0.3, -0.25) is 17.9 Å². The molecule has 2 heterocycles. The second-order valence-electron chi connectivity index (χ2n) is 12.0. The van der Waals surface area contributed by atoms with Crippen LogP contribution < -0.4 is 28.9 Å². The van der Waals surface area contributed by atoms with Crippen molar-refractivity contribution in [2.45, 2.75) is 63.3 Å². The maximum Gasteiger partial charge on any atom is 0.325 e. The minimum Gasteiger partial charge on any atom is -0.494 e. The zero-order valence-corrected chi connectivity index (χ0v) is 31.5. The number of hydrogen-bond acceptors (Lipinski definition) is 10. The molecule has 0 bridgehead atoms. The lowest BCUT2D eigenvalue weighted by molar-refractivity contribution is -0.142. The molecule has 5 N–H and O–H groups in total. The molecule has 1 aliphatic rings. The van der Waals surface area contributed by atoms with Crippen LogP contribution in [-0.2, 0) is 43.6 Å². The molecule has 0 saturated heterocycles. The van der Waals surface area contributed by atoms with Gasteiger partial charge >= 0.3 is 5.97 Å². The van der Waals surface area contributed by atoms with Crippen LogP contribution in [0.3, 0.4) is 0 Å². The second kappa shape index (κ2) is 19.0.